The van der Waals surface area contributed by atoms with E-state index < -0.39 is 11.9 Å². The number of hydrogen-bond donors (Lipinski definition) is 2. The van der Waals surface area contributed by atoms with E-state index in [1.807, 2.05) is 18.2 Å². The van der Waals surface area contributed by atoms with E-state index >= 15 is 0 Å². The minimum absolute atomic E-state index is 0.0249. The zero-order valence-electron chi connectivity index (χ0n) is 16.5. The van der Waals surface area contributed by atoms with E-state index in [0.29, 0.717) is 28.1 Å². The van der Waals surface area contributed by atoms with Crippen molar-refractivity contribution in [3.05, 3.63) is 58.1 Å². The summed E-state index contributed by atoms with van der Waals surface area (Å²) in [4.78, 5) is 28.0. The van der Waals surface area contributed by atoms with Crippen molar-refractivity contribution in [3.63, 3.8) is 0 Å². The van der Waals surface area contributed by atoms with Gasteiger partial charge in [0.25, 0.3) is 5.56 Å². The minimum atomic E-state index is -0.830. The molecule has 0 saturated heterocycles. The van der Waals surface area contributed by atoms with Gasteiger partial charge >= 0.3 is 0 Å². The molecule has 0 unspecified atom stereocenters. The van der Waals surface area contributed by atoms with Crippen LogP contribution in [0.1, 0.15) is 31.2 Å². The number of aromatic nitrogens is 1. The lowest BCUT2D eigenvalue weighted by Gasteiger charge is -2.22. The van der Waals surface area contributed by atoms with E-state index in [4.69, 9.17) is 0 Å². The lowest BCUT2D eigenvalue weighted by atomic mass is 9.88. The molecule has 5 nitrogen and oxygen atoms in total. The fourth-order valence-electron chi connectivity index (χ4n) is 5.40. The van der Waals surface area contributed by atoms with Crippen molar-refractivity contribution in [1.29, 1.82) is 5.26 Å². The Hall–Kier alpha value is -3.20. The Bertz CT molecular complexity index is 1260. The van der Waals surface area contributed by atoms with Crippen LogP contribution in [0.2, 0.25) is 0 Å². The van der Waals surface area contributed by atoms with Crippen LogP contribution in [0, 0.1) is 34.9 Å². The van der Waals surface area contributed by atoms with Gasteiger partial charge in [0.2, 0.25) is 5.91 Å². The molecule has 2 aliphatic carbocycles. The molecule has 2 N–H and O–H groups in total. The molecule has 2 aliphatic rings. The first kappa shape index (κ1) is 18.8. The Labute approximate surface area is 172 Å². The van der Waals surface area contributed by atoms with Gasteiger partial charge in [-0.05, 0) is 60.2 Å². The first-order valence-corrected chi connectivity index (χ1v) is 10.5. The predicted molar refractivity (Wildman–Crippen MR) is 112 cm³/mol. The summed E-state index contributed by atoms with van der Waals surface area (Å²) in [6.45, 7) is 0. The number of rotatable bonds is 4. The molecule has 30 heavy (non-hydrogen) atoms. The summed E-state index contributed by atoms with van der Waals surface area (Å²) >= 11 is 0. The molecule has 2 bridgehead atoms. The van der Waals surface area contributed by atoms with Gasteiger partial charge in [-0.3, -0.25) is 9.59 Å². The van der Waals surface area contributed by atoms with Gasteiger partial charge in [0.05, 0.1) is 6.07 Å². The monoisotopic (exact) mass is 403 g/mol. The number of nitriles is 1. The summed E-state index contributed by atoms with van der Waals surface area (Å²) in [6.07, 6.45) is 4.29. The van der Waals surface area contributed by atoms with Crippen LogP contribution in [0.3, 0.4) is 0 Å². The molecule has 2 saturated carbocycles. The minimum Gasteiger partial charge on any atom is -0.340 e. The largest absolute Gasteiger partial charge is 0.340 e. The molecular formula is C24H22FN3O2. The van der Waals surface area contributed by atoms with Gasteiger partial charge < -0.3 is 10.3 Å². The summed E-state index contributed by atoms with van der Waals surface area (Å²) in [6, 6.07) is 11.4. The number of fused-ring (bicyclic) bond motifs is 5. The van der Waals surface area contributed by atoms with E-state index in [-0.39, 0.29) is 29.4 Å². The first-order valence-electron chi connectivity index (χ1n) is 10.5. The molecule has 1 amide bonds. The van der Waals surface area contributed by atoms with Crippen molar-refractivity contribution in [1.82, 2.24) is 10.3 Å². The standard InChI is InChI=1S/C24H22FN3O2/c25-21-11-19-17-3-1-2-4-22(17)28-24(30)20(19)10-15(21)9-16(12-26)27-23(29)18-8-13-5-6-14(18)7-13/h1-4,10-11,13-14,16,18H,5-9H2,(H,27,29)(H,28,30)/t13-,14+,16+,18+/m1/s1. The summed E-state index contributed by atoms with van der Waals surface area (Å²) < 4.78 is 14.9. The van der Waals surface area contributed by atoms with Crippen molar-refractivity contribution >= 4 is 27.6 Å². The summed E-state index contributed by atoms with van der Waals surface area (Å²) in [7, 11) is 0. The van der Waals surface area contributed by atoms with Crippen LogP contribution in [0.25, 0.3) is 21.7 Å². The molecular weight excluding hydrogens is 381 g/mol. The highest BCUT2D eigenvalue weighted by atomic mass is 19.1. The second-order valence-corrected chi connectivity index (χ2v) is 8.66. The molecule has 0 aliphatic heterocycles. The molecule has 4 atom stereocenters. The van der Waals surface area contributed by atoms with Crippen molar-refractivity contribution in [3.8, 4) is 6.07 Å². The van der Waals surface area contributed by atoms with Crippen LogP contribution in [0.5, 0.6) is 0 Å². The van der Waals surface area contributed by atoms with Gasteiger partial charge in [-0.15, -0.1) is 0 Å². The van der Waals surface area contributed by atoms with Crippen LogP contribution < -0.4 is 10.9 Å². The van der Waals surface area contributed by atoms with E-state index in [0.717, 1.165) is 24.6 Å². The first-order chi connectivity index (χ1) is 14.5. The summed E-state index contributed by atoms with van der Waals surface area (Å²) in [5.74, 6) is 0.436. The number of halogens is 1. The van der Waals surface area contributed by atoms with Crippen LogP contribution in [-0.2, 0) is 11.2 Å². The average molecular weight is 403 g/mol. The number of aromatic amines is 1. The number of nitrogens with one attached hydrogen (secondary N) is 2. The number of amides is 1. The van der Waals surface area contributed by atoms with Gasteiger partial charge in [0.15, 0.2) is 0 Å². The number of carbonyl (C=O) groups is 1. The lowest BCUT2D eigenvalue weighted by Crippen LogP contribution is -2.41. The molecule has 5 rings (SSSR count). The summed E-state index contributed by atoms with van der Waals surface area (Å²) in [5, 5.41) is 14.0. The van der Waals surface area contributed by atoms with Crippen molar-refractivity contribution < 1.29 is 9.18 Å². The van der Waals surface area contributed by atoms with Gasteiger partial charge in [-0.2, -0.15) is 5.26 Å². The second kappa shape index (κ2) is 7.24. The summed E-state index contributed by atoms with van der Waals surface area (Å²) in [5.41, 5.74) is 0.600. The maximum absolute atomic E-state index is 14.9. The Morgan fingerprint density at radius 1 is 1.20 bits per heavy atom. The SMILES string of the molecule is N#C[C@H](Cc1cc2c(=O)[nH]c3ccccc3c2cc1F)NC(=O)[C@H]1C[C@@H]2CC[C@H]1C2. The molecule has 0 radical (unpaired) electrons. The molecule has 0 spiro atoms. The molecule has 152 valence electrons. The Morgan fingerprint density at radius 3 is 2.77 bits per heavy atom. The third-order valence-electron chi connectivity index (χ3n) is 6.87. The van der Waals surface area contributed by atoms with Crippen LogP contribution in [0.15, 0.2) is 41.2 Å². The molecule has 2 aromatic carbocycles. The molecule has 6 heteroatoms. The van der Waals surface area contributed by atoms with E-state index in [1.165, 1.54) is 18.6 Å². The lowest BCUT2D eigenvalue weighted by molar-refractivity contribution is -0.126. The number of nitrogens with zero attached hydrogens (tertiary/aromatic N) is 1. The van der Waals surface area contributed by atoms with Gasteiger partial charge in [0.1, 0.15) is 11.9 Å². The fraction of sp³-hybridized carbons (Fsp3) is 0.375. The van der Waals surface area contributed by atoms with Crippen LogP contribution in [-0.4, -0.2) is 16.9 Å². The quantitative estimate of drug-likeness (QED) is 0.650. The Kier molecular flexibility index (Phi) is 4.54. The van der Waals surface area contributed by atoms with Crippen LogP contribution >= 0.6 is 0 Å². The average Bonchev–Trinajstić information content (AvgIpc) is 3.38. The van der Waals surface area contributed by atoms with Crippen LogP contribution in [0.4, 0.5) is 4.39 Å². The van der Waals surface area contributed by atoms with E-state index in [1.54, 1.807) is 6.07 Å². The van der Waals surface area contributed by atoms with E-state index in [2.05, 4.69) is 16.4 Å². The zero-order chi connectivity index (χ0) is 20.8. The number of para-hydroxylation sites is 1. The van der Waals surface area contributed by atoms with Gasteiger partial charge in [0, 0.05) is 28.6 Å². The Balaban J connectivity index is 1.42. The van der Waals surface area contributed by atoms with Crippen molar-refractivity contribution in [2.45, 2.75) is 38.1 Å². The second-order valence-electron chi connectivity index (χ2n) is 8.66. The zero-order valence-corrected chi connectivity index (χ0v) is 16.5. The third kappa shape index (κ3) is 3.15. The molecule has 1 heterocycles. The number of hydrogen-bond acceptors (Lipinski definition) is 3. The predicted octanol–water partition coefficient (Wildman–Crippen LogP) is 3.81. The third-order valence-corrected chi connectivity index (χ3v) is 6.87. The molecule has 3 aromatic rings. The van der Waals surface area contributed by atoms with E-state index in [9.17, 15) is 19.2 Å². The van der Waals surface area contributed by atoms with Crippen molar-refractivity contribution in [2.75, 3.05) is 0 Å². The van der Waals surface area contributed by atoms with Gasteiger partial charge in [-0.1, -0.05) is 24.6 Å². The highest BCUT2D eigenvalue weighted by molar-refractivity contribution is 6.05. The highest BCUT2D eigenvalue weighted by Crippen LogP contribution is 2.48. The number of H-pyrrole nitrogens is 1. The smallest absolute Gasteiger partial charge is 0.256 e. The maximum Gasteiger partial charge on any atom is 0.256 e. The normalized spacial score (nSPS) is 23.5. The fourth-order valence-corrected chi connectivity index (χ4v) is 5.40. The topological polar surface area (TPSA) is 85.8 Å². The highest BCUT2D eigenvalue weighted by Gasteiger charge is 2.43. The number of pyridine rings is 1. The maximum atomic E-state index is 14.9. The Morgan fingerprint density at radius 2 is 2.03 bits per heavy atom. The van der Waals surface area contributed by atoms with Gasteiger partial charge in [-0.25, -0.2) is 4.39 Å². The molecule has 2 fully saturated rings. The van der Waals surface area contributed by atoms with Crippen molar-refractivity contribution in [2.24, 2.45) is 17.8 Å². The number of carbonyl (C=O) groups excluding carboxylic acids is 1. The molecule has 1 aromatic heterocycles. The number of benzene rings is 2.